The summed E-state index contributed by atoms with van der Waals surface area (Å²) in [7, 11) is 0. The maximum atomic E-state index is 4.85. The summed E-state index contributed by atoms with van der Waals surface area (Å²) in [5.41, 5.74) is 0. The predicted molar refractivity (Wildman–Crippen MR) is 45.5 cm³/mol. The van der Waals surface area contributed by atoms with E-state index in [9.17, 15) is 0 Å². The van der Waals surface area contributed by atoms with Crippen molar-refractivity contribution in [2.24, 2.45) is 0 Å². The van der Waals surface area contributed by atoms with Crippen LogP contribution in [0, 0.1) is 0 Å². The average molecular weight is 200 g/mol. The number of nitrogens with zero attached hydrogens (tertiary/aromatic N) is 2. The number of thiazole rings is 2. The zero-order valence-electron chi connectivity index (χ0n) is 5.84. The maximum Gasteiger partial charge on any atom is 0.326 e. The van der Waals surface area contributed by atoms with E-state index in [2.05, 4.69) is 9.97 Å². The van der Waals surface area contributed by atoms with Crippen LogP contribution in [0.2, 0.25) is 0 Å². The van der Waals surface area contributed by atoms with Gasteiger partial charge in [0.05, 0.1) is 0 Å². The highest BCUT2D eigenvalue weighted by atomic mass is 32.1. The molecule has 2 heterocycles. The monoisotopic (exact) mass is 200 g/mol. The fourth-order valence-electron chi connectivity index (χ4n) is 0.574. The highest BCUT2D eigenvalue weighted by molar-refractivity contribution is 7.11. The van der Waals surface area contributed by atoms with Crippen molar-refractivity contribution in [3.63, 3.8) is 0 Å². The van der Waals surface area contributed by atoms with Crippen LogP contribution in [-0.2, 0) is 0 Å². The van der Waals surface area contributed by atoms with Gasteiger partial charge in [0, 0.05) is 23.2 Å². The van der Waals surface area contributed by atoms with Crippen LogP contribution in [0.4, 0.5) is 0 Å². The van der Waals surface area contributed by atoms with Crippen molar-refractivity contribution in [2.45, 2.75) is 0 Å². The Morgan fingerprint density at radius 3 is 1.75 bits per heavy atom. The van der Waals surface area contributed by atoms with E-state index in [0.29, 0.717) is 10.4 Å². The zero-order chi connectivity index (χ0) is 8.23. The van der Waals surface area contributed by atoms with Crippen molar-refractivity contribution in [1.29, 1.82) is 0 Å². The van der Waals surface area contributed by atoms with Crippen molar-refractivity contribution in [3.05, 3.63) is 23.2 Å². The molecule has 0 saturated carbocycles. The Labute approximate surface area is 76.4 Å². The molecule has 12 heavy (non-hydrogen) atoms. The number of aromatic nitrogens is 2. The molecule has 6 heteroatoms. The van der Waals surface area contributed by atoms with Crippen LogP contribution < -0.4 is 9.78 Å². The van der Waals surface area contributed by atoms with Gasteiger partial charge in [0.2, 0.25) is 0 Å². The van der Waals surface area contributed by atoms with Gasteiger partial charge in [-0.1, -0.05) is 22.7 Å². The van der Waals surface area contributed by atoms with Crippen molar-refractivity contribution in [2.75, 3.05) is 0 Å². The van der Waals surface area contributed by atoms with Gasteiger partial charge in [-0.3, -0.25) is 9.78 Å². The molecule has 2 aromatic heterocycles. The van der Waals surface area contributed by atoms with Crippen molar-refractivity contribution in [3.8, 4) is 10.4 Å². The molecule has 62 valence electrons. The van der Waals surface area contributed by atoms with Gasteiger partial charge in [-0.05, 0) is 0 Å². The van der Waals surface area contributed by atoms with E-state index in [4.69, 9.17) is 9.78 Å². The zero-order valence-corrected chi connectivity index (χ0v) is 7.47. The molecule has 0 aromatic carbocycles. The van der Waals surface area contributed by atoms with E-state index in [1.54, 1.807) is 23.2 Å². The lowest BCUT2D eigenvalue weighted by Gasteiger charge is -1.95. The fourth-order valence-corrected chi connectivity index (χ4v) is 1.44. The average Bonchev–Trinajstić information content (AvgIpc) is 2.74. The predicted octanol–water partition coefficient (Wildman–Crippen LogP) is 1.97. The van der Waals surface area contributed by atoms with Gasteiger partial charge >= 0.3 is 10.4 Å². The van der Waals surface area contributed by atoms with Gasteiger partial charge in [-0.25, -0.2) is 9.97 Å². The number of hydrogen-bond acceptors (Lipinski definition) is 6. The summed E-state index contributed by atoms with van der Waals surface area (Å²) in [5.74, 6) is 0. The molecule has 2 aromatic rings. The first kappa shape index (κ1) is 7.51. The lowest BCUT2D eigenvalue weighted by Crippen LogP contribution is -1.98. The molecule has 0 saturated heterocycles. The Kier molecular flexibility index (Phi) is 2.19. The van der Waals surface area contributed by atoms with Crippen LogP contribution in [0.3, 0.4) is 0 Å². The van der Waals surface area contributed by atoms with Crippen molar-refractivity contribution >= 4 is 22.7 Å². The molecule has 0 N–H and O–H groups in total. The highest BCUT2D eigenvalue weighted by Crippen LogP contribution is 2.18. The Morgan fingerprint density at radius 1 is 0.917 bits per heavy atom. The molecule has 0 spiro atoms. The van der Waals surface area contributed by atoms with E-state index < -0.39 is 0 Å². The van der Waals surface area contributed by atoms with E-state index >= 15 is 0 Å². The largest absolute Gasteiger partial charge is 0.326 e. The minimum absolute atomic E-state index is 0.477. The second kappa shape index (κ2) is 3.51. The molecule has 4 nitrogen and oxygen atoms in total. The standard InChI is InChI=1S/C6H4N2O2S2/c1-3-11-5(7-1)9-10-6-8-2-4-12-6/h1-4H. The third-order valence-electron chi connectivity index (χ3n) is 1.00. The molecule has 0 aliphatic carbocycles. The third kappa shape index (κ3) is 1.72. The molecule has 0 aliphatic rings. The minimum Gasteiger partial charge on any atom is -0.255 e. The van der Waals surface area contributed by atoms with Crippen LogP contribution in [-0.4, -0.2) is 9.97 Å². The Morgan fingerprint density at radius 2 is 1.42 bits per heavy atom. The second-order valence-electron chi connectivity index (χ2n) is 1.76. The summed E-state index contributed by atoms with van der Waals surface area (Å²) in [4.78, 5) is 17.4. The molecular weight excluding hydrogens is 196 g/mol. The Hall–Kier alpha value is -1.14. The van der Waals surface area contributed by atoms with E-state index in [-0.39, 0.29) is 0 Å². The fraction of sp³-hybridized carbons (Fsp3) is 0. The second-order valence-corrected chi connectivity index (χ2v) is 3.48. The third-order valence-corrected chi connectivity index (χ3v) is 2.27. The summed E-state index contributed by atoms with van der Waals surface area (Å²) in [6, 6.07) is 0. The first-order chi connectivity index (χ1) is 5.95. The molecule has 0 radical (unpaired) electrons. The van der Waals surface area contributed by atoms with Crippen LogP contribution in [0.15, 0.2) is 23.2 Å². The molecule has 0 aliphatic heterocycles. The Balaban J connectivity index is 1.91. The smallest absolute Gasteiger partial charge is 0.255 e. The summed E-state index contributed by atoms with van der Waals surface area (Å²) >= 11 is 2.73. The van der Waals surface area contributed by atoms with Crippen LogP contribution in [0.1, 0.15) is 0 Å². The molecule has 0 fully saturated rings. The summed E-state index contributed by atoms with van der Waals surface area (Å²) in [6.45, 7) is 0. The molecule has 0 amide bonds. The van der Waals surface area contributed by atoms with Gasteiger partial charge in [0.1, 0.15) is 0 Å². The molecule has 0 unspecified atom stereocenters. The van der Waals surface area contributed by atoms with Gasteiger partial charge in [0.25, 0.3) is 0 Å². The van der Waals surface area contributed by atoms with E-state index in [0.717, 1.165) is 0 Å². The lowest BCUT2D eigenvalue weighted by atomic mass is 11.0. The molecule has 0 atom stereocenters. The lowest BCUT2D eigenvalue weighted by molar-refractivity contribution is -0.100. The molecule has 0 bridgehead atoms. The highest BCUT2D eigenvalue weighted by Gasteiger charge is 2.00. The van der Waals surface area contributed by atoms with Gasteiger partial charge < -0.3 is 0 Å². The van der Waals surface area contributed by atoms with Crippen molar-refractivity contribution < 1.29 is 9.78 Å². The van der Waals surface area contributed by atoms with Gasteiger partial charge in [-0.15, -0.1) is 0 Å². The van der Waals surface area contributed by atoms with E-state index in [1.165, 1.54) is 22.7 Å². The maximum absolute atomic E-state index is 4.85. The summed E-state index contributed by atoms with van der Waals surface area (Å²) in [6.07, 6.45) is 3.29. The van der Waals surface area contributed by atoms with Crippen LogP contribution in [0.25, 0.3) is 0 Å². The van der Waals surface area contributed by atoms with Crippen LogP contribution >= 0.6 is 22.7 Å². The SMILES string of the molecule is c1csc(OOc2nccs2)n1. The minimum atomic E-state index is 0.477. The molecule has 2 rings (SSSR count). The van der Waals surface area contributed by atoms with Crippen molar-refractivity contribution in [1.82, 2.24) is 9.97 Å². The normalized spacial score (nSPS) is 9.67. The summed E-state index contributed by atoms with van der Waals surface area (Å²) in [5, 5.41) is 4.57. The number of hydrogen-bond donors (Lipinski definition) is 0. The van der Waals surface area contributed by atoms with E-state index in [1.807, 2.05) is 0 Å². The van der Waals surface area contributed by atoms with Gasteiger partial charge in [-0.2, -0.15) is 0 Å². The van der Waals surface area contributed by atoms with Gasteiger partial charge in [0.15, 0.2) is 0 Å². The molecular formula is C6H4N2O2S2. The first-order valence-corrected chi connectivity index (χ1v) is 4.84. The topological polar surface area (TPSA) is 44.2 Å². The first-order valence-electron chi connectivity index (χ1n) is 3.08. The summed E-state index contributed by atoms with van der Waals surface area (Å²) < 4.78 is 0. The Bertz CT molecular complexity index is 285. The quantitative estimate of drug-likeness (QED) is 0.561. The van der Waals surface area contributed by atoms with Crippen LogP contribution in [0.5, 0.6) is 10.4 Å². The number of rotatable bonds is 3.